The van der Waals surface area contributed by atoms with Gasteiger partial charge in [0.2, 0.25) is 0 Å². The van der Waals surface area contributed by atoms with Gasteiger partial charge in [0.1, 0.15) is 0 Å². The third-order valence-electron chi connectivity index (χ3n) is 3.07. The second-order valence-electron chi connectivity index (χ2n) is 4.18. The number of rotatable bonds is 0. The monoisotopic (exact) mass is 244 g/mol. The maximum absolute atomic E-state index is 4.41. The summed E-state index contributed by atoms with van der Waals surface area (Å²) in [6, 6.07) is 8.71. The van der Waals surface area contributed by atoms with E-state index in [4.69, 9.17) is 0 Å². The molecular formula is C14H12S2. The SMILES string of the molecule is Sc1cc2cc3c(cc2cc1S)CCC=C3. The fraction of sp³-hybridized carbons (Fsp3) is 0.143. The molecule has 1 aliphatic carbocycles. The van der Waals surface area contributed by atoms with Gasteiger partial charge in [-0.1, -0.05) is 18.2 Å². The predicted octanol–water partition coefficient (Wildman–Crippen LogP) is 4.38. The second-order valence-corrected chi connectivity index (χ2v) is 5.14. The molecule has 1 aliphatic rings. The molecule has 0 saturated carbocycles. The molecule has 0 spiro atoms. The second kappa shape index (κ2) is 3.86. The Morgan fingerprint density at radius 3 is 2.31 bits per heavy atom. The molecule has 0 radical (unpaired) electrons. The lowest BCUT2D eigenvalue weighted by Gasteiger charge is -2.12. The average molecular weight is 244 g/mol. The Bertz CT molecular complexity index is 597. The van der Waals surface area contributed by atoms with Gasteiger partial charge in [0.15, 0.2) is 0 Å². The fourth-order valence-electron chi connectivity index (χ4n) is 2.21. The van der Waals surface area contributed by atoms with Gasteiger partial charge < -0.3 is 0 Å². The van der Waals surface area contributed by atoms with E-state index in [9.17, 15) is 0 Å². The van der Waals surface area contributed by atoms with Crippen LogP contribution in [0.25, 0.3) is 16.8 Å². The molecule has 0 bridgehead atoms. The third kappa shape index (κ3) is 1.66. The van der Waals surface area contributed by atoms with Crippen molar-refractivity contribution in [3.63, 3.8) is 0 Å². The van der Waals surface area contributed by atoms with Gasteiger partial charge in [0.25, 0.3) is 0 Å². The van der Waals surface area contributed by atoms with Crippen LogP contribution in [-0.2, 0) is 6.42 Å². The van der Waals surface area contributed by atoms with Crippen molar-refractivity contribution in [3.05, 3.63) is 41.5 Å². The first kappa shape index (κ1) is 10.3. The first-order chi connectivity index (χ1) is 7.74. The molecule has 0 nitrogen and oxygen atoms in total. The van der Waals surface area contributed by atoms with Gasteiger partial charge in [-0.15, -0.1) is 25.3 Å². The van der Waals surface area contributed by atoms with E-state index in [1.165, 1.54) is 21.9 Å². The van der Waals surface area contributed by atoms with Gasteiger partial charge in [-0.05, 0) is 52.9 Å². The zero-order valence-electron chi connectivity index (χ0n) is 8.77. The summed E-state index contributed by atoms with van der Waals surface area (Å²) in [5, 5.41) is 2.50. The van der Waals surface area contributed by atoms with Crippen LogP contribution < -0.4 is 0 Å². The van der Waals surface area contributed by atoms with E-state index in [2.05, 4.69) is 61.7 Å². The van der Waals surface area contributed by atoms with Gasteiger partial charge in [-0.2, -0.15) is 0 Å². The van der Waals surface area contributed by atoms with Crippen LogP contribution in [0, 0.1) is 0 Å². The fourth-order valence-corrected chi connectivity index (χ4v) is 2.62. The molecule has 2 heteroatoms. The molecule has 0 heterocycles. The van der Waals surface area contributed by atoms with E-state index in [0.29, 0.717) is 0 Å². The van der Waals surface area contributed by atoms with Gasteiger partial charge in [0.05, 0.1) is 0 Å². The Hall–Kier alpha value is -0.860. The van der Waals surface area contributed by atoms with Crippen molar-refractivity contribution in [2.75, 3.05) is 0 Å². The molecular weight excluding hydrogens is 232 g/mol. The van der Waals surface area contributed by atoms with E-state index in [0.717, 1.165) is 22.6 Å². The maximum Gasteiger partial charge on any atom is 0.0180 e. The Morgan fingerprint density at radius 2 is 1.56 bits per heavy atom. The number of fused-ring (bicyclic) bond motifs is 2. The molecule has 2 aromatic rings. The Balaban J connectivity index is 2.32. The zero-order valence-corrected chi connectivity index (χ0v) is 10.6. The summed E-state index contributed by atoms with van der Waals surface area (Å²) >= 11 is 8.82. The highest BCUT2D eigenvalue weighted by atomic mass is 32.1. The predicted molar refractivity (Wildman–Crippen MR) is 75.8 cm³/mol. The molecule has 0 aliphatic heterocycles. The lowest BCUT2D eigenvalue weighted by molar-refractivity contribution is 0.988. The quantitative estimate of drug-likeness (QED) is 0.631. The molecule has 0 atom stereocenters. The van der Waals surface area contributed by atoms with Crippen molar-refractivity contribution in [3.8, 4) is 0 Å². The van der Waals surface area contributed by atoms with Crippen molar-refractivity contribution in [2.45, 2.75) is 22.6 Å². The van der Waals surface area contributed by atoms with E-state index in [-0.39, 0.29) is 0 Å². The maximum atomic E-state index is 4.41. The van der Waals surface area contributed by atoms with Crippen LogP contribution in [0.3, 0.4) is 0 Å². The van der Waals surface area contributed by atoms with Crippen LogP contribution >= 0.6 is 25.3 Å². The standard InChI is InChI=1S/C14H12S2/c15-13-7-11-5-9-3-1-2-4-10(9)6-12(11)8-14(13)16/h1,3,5-8,15-16H,2,4H2. The molecule has 80 valence electrons. The highest BCUT2D eigenvalue weighted by Crippen LogP contribution is 2.30. The first-order valence-electron chi connectivity index (χ1n) is 5.39. The van der Waals surface area contributed by atoms with Crippen LogP contribution in [-0.4, -0.2) is 0 Å². The van der Waals surface area contributed by atoms with Crippen molar-refractivity contribution < 1.29 is 0 Å². The summed E-state index contributed by atoms with van der Waals surface area (Å²) in [5.41, 5.74) is 2.79. The highest BCUT2D eigenvalue weighted by molar-refractivity contribution is 7.83. The summed E-state index contributed by atoms with van der Waals surface area (Å²) in [7, 11) is 0. The van der Waals surface area contributed by atoms with Gasteiger partial charge in [-0.3, -0.25) is 0 Å². The van der Waals surface area contributed by atoms with Crippen molar-refractivity contribution >= 4 is 42.1 Å². The van der Waals surface area contributed by atoms with E-state index in [1.54, 1.807) is 0 Å². The van der Waals surface area contributed by atoms with Crippen molar-refractivity contribution in [1.29, 1.82) is 0 Å². The molecule has 0 aromatic heterocycles. The summed E-state index contributed by atoms with van der Waals surface area (Å²) in [6.45, 7) is 0. The zero-order chi connectivity index (χ0) is 11.1. The van der Waals surface area contributed by atoms with E-state index in [1.807, 2.05) is 0 Å². The van der Waals surface area contributed by atoms with Crippen LogP contribution in [0.1, 0.15) is 17.5 Å². The summed E-state index contributed by atoms with van der Waals surface area (Å²) in [6.07, 6.45) is 6.75. The summed E-state index contributed by atoms with van der Waals surface area (Å²) in [5.74, 6) is 0. The normalized spacial score (nSPS) is 14.1. The largest absolute Gasteiger partial charge is 0.142 e. The van der Waals surface area contributed by atoms with Gasteiger partial charge in [-0.25, -0.2) is 0 Å². The summed E-state index contributed by atoms with van der Waals surface area (Å²) < 4.78 is 0. The van der Waals surface area contributed by atoms with Crippen molar-refractivity contribution in [1.82, 2.24) is 0 Å². The smallest absolute Gasteiger partial charge is 0.0180 e. The van der Waals surface area contributed by atoms with Crippen molar-refractivity contribution in [2.24, 2.45) is 0 Å². The lowest BCUT2D eigenvalue weighted by atomic mass is 9.94. The lowest BCUT2D eigenvalue weighted by Crippen LogP contribution is -1.94. The number of allylic oxidation sites excluding steroid dienone is 1. The van der Waals surface area contributed by atoms with Gasteiger partial charge >= 0.3 is 0 Å². The van der Waals surface area contributed by atoms with E-state index >= 15 is 0 Å². The molecule has 2 aromatic carbocycles. The number of aryl methyl sites for hydroxylation is 1. The van der Waals surface area contributed by atoms with Crippen LogP contribution in [0.4, 0.5) is 0 Å². The molecule has 16 heavy (non-hydrogen) atoms. The van der Waals surface area contributed by atoms with Crippen LogP contribution in [0.15, 0.2) is 40.1 Å². The molecule has 0 saturated heterocycles. The van der Waals surface area contributed by atoms with E-state index < -0.39 is 0 Å². The number of benzene rings is 2. The Labute approximate surface area is 106 Å². The number of thiol groups is 2. The van der Waals surface area contributed by atoms with Crippen LogP contribution in [0.2, 0.25) is 0 Å². The number of hydrogen-bond donors (Lipinski definition) is 2. The minimum absolute atomic E-state index is 0.940. The third-order valence-corrected chi connectivity index (χ3v) is 3.99. The molecule has 0 fully saturated rings. The minimum Gasteiger partial charge on any atom is -0.142 e. The number of hydrogen-bond acceptors (Lipinski definition) is 2. The highest BCUT2D eigenvalue weighted by Gasteiger charge is 2.07. The first-order valence-corrected chi connectivity index (χ1v) is 6.28. The van der Waals surface area contributed by atoms with Crippen LogP contribution in [0.5, 0.6) is 0 Å². The molecule has 3 rings (SSSR count). The van der Waals surface area contributed by atoms with Gasteiger partial charge in [0, 0.05) is 9.79 Å². The Kier molecular flexibility index (Phi) is 2.49. The average Bonchev–Trinajstić information content (AvgIpc) is 2.28. The molecule has 0 unspecified atom stereocenters. The topological polar surface area (TPSA) is 0 Å². The summed E-state index contributed by atoms with van der Waals surface area (Å²) in [4.78, 5) is 1.89. The minimum atomic E-state index is 0.940. The molecule has 0 N–H and O–H groups in total. The molecule has 0 amide bonds. The Morgan fingerprint density at radius 1 is 0.875 bits per heavy atom.